The first-order chi connectivity index (χ1) is 9.90. The third-order valence-corrected chi connectivity index (χ3v) is 2.87. The molecule has 2 heterocycles. The lowest BCUT2D eigenvalue weighted by molar-refractivity contribution is 0.0183. The quantitative estimate of drug-likeness (QED) is 0.741. The molecule has 1 amide bonds. The van der Waals surface area contributed by atoms with Gasteiger partial charge in [0.2, 0.25) is 0 Å². The third-order valence-electron chi connectivity index (χ3n) is 2.87. The largest absolute Gasteiger partial charge is 0.444 e. The maximum absolute atomic E-state index is 12.3. The van der Waals surface area contributed by atoms with E-state index in [2.05, 4.69) is 9.97 Å². The summed E-state index contributed by atoms with van der Waals surface area (Å²) in [5.74, 6) is 0.427. The summed E-state index contributed by atoms with van der Waals surface area (Å²) in [4.78, 5) is 22.2. The maximum atomic E-state index is 12.3. The van der Waals surface area contributed by atoms with E-state index in [0.717, 1.165) is 6.42 Å². The van der Waals surface area contributed by atoms with Gasteiger partial charge in [0.15, 0.2) is 5.82 Å². The molecule has 1 aliphatic rings. The number of nitriles is 1. The van der Waals surface area contributed by atoms with E-state index in [0.29, 0.717) is 12.4 Å². The molecule has 1 aromatic rings. The summed E-state index contributed by atoms with van der Waals surface area (Å²) in [6.07, 6.45) is 5.73. The van der Waals surface area contributed by atoms with E-state index in [4.69, 9.17) is 10.00 Å². The van der Waals surface area contributed by atoms with E-state index in [9.17, 15) is 4.79 Å². The number of carbonyl (C=O) groups excluding carboxylic acids is 1. The van der Waals surface area contributed by atoms with Gasteiger partial charge in [0.05, 0.1) is 0 Å². The molecule has 0 N–H and O–H groups in total. The van der Waals surface area contributed by atoms with E-state index in [-0.39, 0.29) is 5.69 Å². The van der Waals surface area contributed by atoms with Crippen molar-refractivity contribution >= 4 is 6.09 Å². The van der Waals surface area contributed by atoms with Gasteiger partial charge in [0, 0.05) is 12.7 Å². The Kier molecular flexibility index (Phi) is 4.22. The van der Waals surface area contributed by atoms with Gasteiger partial charge < -0.3 is 4.74 Å². The van der Waals surface area contributed by atoms with E-state index >= 15 is 0 Å². The molecule has 0 saturated carbocycles. The predicted molar refractivity (Wildman–Crippen MR) is 76.2 cm³/mol. The van der Waals surface area contributed by atoms with Gasteiger partial charge in [-0.15, -0.1) is 0 Å². The van der Waals surface area contributed by atoms with Crippen molar-refractivity contribution in [3.05, 3.63) is 35.9 Å². The SMILES string of the molecule is CC(C)(C)OC(=O)N1CCC=CC1c1nccc(C#N)n1. The van der Waals surface area contributed by atoms with Crippen LogP contribution in [0.5, 0.6) is 0 Å². The lowest BCUT2D eigenvalue weighted by atomic mass is 10.1. The number of nitrogens with zero attached hydrogens (tertiary/aromatic N) is 4. The van der Waals surface area contributed by atoms with Crippen molar-refractivity contribution in [3.63, 3.8) is 0 Å². The van der Waals surface area contributed by atoms with Crippen molar-refractivity contribution in [3.8, 4) is 6.07 Å². The molecule has 6 nitrogen and oxygen atoms in total. The fraction of sp³-hybridized carbons (Fsp3) is 0.467. The minimum atomic E-state index is -0.557. The lowest BCUT2D eigenvalue weighted by Gasteiger charge is -2.33. The summed E-state index contributed by atoms with van der Waals surface area (Å²) in [7, 11) is 0. The monoisotopic (exact) mass is 286 g/mol. The van der Waals surface area contributed by atoms with Gasteiger partial charge >= 0.3 is 6.09 Å². The van der Waals surface area contributed by atoms with Crippen molar-refractivity contribution in [1.29, 1.82) is 5.26 Å². The summed E-state index contributed by atoms with van der Waals surface area (Å²) in [5.41, 5.74) is -0.277. The first-order valence-corrected chi connectivity index (χ1v) is 6.80. The van der Waals surface area contributed by atoms with E-state index in [1.165, 1.54) is 12.3 Å². The minimum Gasteiger partial charge on any atom is -0.444 e. The number of hydrogen-bond donors (Lipinski definition) is 0. The summed E-state index contributed by atoms with van der Waals surface area (Å²) in [6.45, 7) is 6.02. The molecule has 0 aliphatic carbocycles. The summed E-state index contributed by atoms with van der Waals surface area (Å²) in [6, 6.07) is 3.11. The normalized spacial score (nSPS) is 18.2. The highest BCUT2D eigenvalue weighted by atomic mass is 16.6. The van der Waals surface area contributed by atoms with Crippen LogP contribution in [-0.2, 0) is 4.74 Å². The Morgan fingerprint density at radius 3 is 2.95 bits per heavy atom. The highest BCUT2D eigenvalue weighted by Gasteiger charge is 2.30. The Bertz CT molecular complexity index is 598. The topological polar surface area (TPSA) is 79.1 Å². The van der Waals surface area contributed by atoms with E-state index in [1.54, 1.807) is 4.90 Å². The third kappa shape index (κ3) is 3.78. The molecular weight excluding hydrogens is 268 g/mol. The smallest absolute Gasteiger partial charge is 0.411 e. The minimum absolute atomic E-state index is 0.281. The van der Waals surface area contributed by atoms with Gasteiger partial charge in [-0.05, 0) is 33.3 Å². The summed E-state index contributed by atoms with van der Waals surface area (Å²) < 4.78 is 5.42. The molecule has 1 unspecified atom stereocenters. The molecule has 1 aromatic heterocycles. The first-order valence-electron chi connectivity index (χ1n) is 6.80. The van der Waals surface area contributed by atoms with Gasteiger partial charge in [-0.25, -0.2) is 14.8 Å². The Balaban J connectivity index is 2.27. The average molecular weight is 286 g/mol. The Morgan fingerprint density at radius 2 is 2.29 bits per heavy atom. The second-order valence-electron chi connectivity index (χ2n) is 5.75. The molecule has 6 heteroatoms. The van der Waals surface area contributed by atoms with Crippen molar-refractivity contribution in [2.45, 2.75) is 38.8 Å². The number of hydrogen-bond acceptors (Lipinski definition) is 5. The molecule has 1 aliphatic heterocycles. The van der Waals surface area contributed by atoms with Crippen LogP contribution in [0.1, 0.15) is 44.8 Å². The summed E-state index contributed by atoms with van der Waals surface area (Å²) >= 11 is 0. The number of carbonyl (C=O) groups is 1. The van der Waals surface area contributed by atoms with Crippen LogP contribution in [0.2, 0.25) is 0 Å². The fourth-order valence-electron chi connectivity index (χ4n) is 2.01. The van der Waals surface area contributed by atoms with Crippen LogP contribution < -0.4 is 0 Å². The van der Waals surface area contributed by atoms with Gasteiger partial charge in [-0.2, -0.15) is 5.26 Å². The van der Waals surface area contributed by atoms with Gasteiger partial charge in [0.25, 0.3) is 0 Å². The van der Waals surface area contributed by atoms with Crippen LogP contribution in [0.3, 0.4) is 0 Å². The van der Waals surface area contributed by atoms with Crippen LogP contribution in [-0.4, -0.2) is 33.1 Å². The number of rotatable bonds is 1. The van der Waals surface area contributed by atoms with Crippen molar-refractivity contribution < 1.29 is 9.53 Å². The molecule has 0 aromatic carbocycles. The van der Waals surface area contributed by atoms with Gasteiger partial charge in [0.1, 0.15) is 23.4 Å². The van der Waals surface area contributed by atoms with Crippen LogP contribution in [0.25, 0.3) is 0 Å². The fourth-order valence-corrected chi connectivity index (χ4v) is 2.01. The molecule has 0 fully saturated rings. The van der Waals surface area contributed by atoms with Crippen LogP contribution in [0, 0.1) is 11.3 Å². The molecule has 21 heavy (non-hydrogen) atoms. The lowest BCUT2D eigenvalue weighted by Crippen LogP contribution is -2.41. The Morgan fingerprint density at radius 1 is 1.52 bits per heavy atom. The molecule has 0 saturated heterocycles. The van der Waals surface area contributed by atoms with Gasteiger partial charge in [-0.3, -0.25) is 4.90 Å². The number of amides is 1. The highest BCUT2D eigenvalue weighted by molar-refractivity contribution is 5.69. The molecule has 2 rings (SSSR count). The second kappa shape index (κ2) is 5.92. The number of aromatic nitrogens is 2. The Labute approximate surface area is 124 Å². The molecule has 1 atom stereocenters. The average Bonchev–Trinajstić information content (AvgIpc) is 2.45. The number of ether oxygens (including phenoxy) is 1. The van der Waals surface area contributed by atoms with E-state index < -0.39 is 17.7 Å². The van der Waals surface area contributed by atoms with Crippen molar-refractivity contribution in [1.82, 2.24) is 14.9 Å². The van der Waals surface area contributed by atoms with Crippen molar-refractivity contribution in [2.24, 2.45) is 0 Å². The standard InChI is InChI=1S/C15H18N4O2/c1-15(2,3)21-14(20)19-9-5-4-6-12(19)13-17-8-7-11(10-16)18-13/h4,6-8,12H,5,9H2,1-3H3. The molecular formula is C15H18N4O2. The van der Waals surface area contributed by atoms with Crippen LogP contribution in [0.15, 0.2) is 24.4 Å². The van der Waals surface area contributed by atoms with Gasteiger partial charge in [-0.1, -0.05) is 12.2 Å². The molecule has 0 bridgehead atoms. The first kappa shape index (κ1) is 15.0. The zero-order chi connectivity index (χ0) is 15.5. The molecule has 0 spiro atoms. The molecule has 0 radical (unpaired) electrons. The maximum Gasteiger partial charge on any atom is 0.411 e. The highest BCUT2D eigenvalue weighted by Crippen LogP contribution is 2.25. The van der Waals surface area contributed by atoms with Crippen LogP contribution in [0.4, 0.5) is 4.79 Å². The van der Waals surface area contributed by atoms with Crippen molar-refractivity contribution in [2.75, 3.05) is 6.54 Å². The van der Waals surface area contributed by atoms with E-state index in [1.807, 2.05) is 39.0 Å². The summed E-state index contributed by atoms with van der Waals surface area (Å²) in [5, 5.41) is 8.92. The second-order valence-corrected chi connectivity index (χ2v) is 5.75. The zero-order valence-corrected chi connectivity index (χ0v) is 12.4. The zero-order valence-electron chi connectivity index (χ0n) is 12.4. The molecule has 110 valence electrons. The Hall–Kier alpha value is -2.42. The predicted octanol–water partition coefficient (Wildman–Crippen LogP) is 2.59. The van der Waals surface area contributed by atoms with Crippen LogP contribution >= 0.6 is 0 Å².